The maximum absolute atomic E-state index is 12.9. The largest absolute Gasteiger partial charge is 0.388 e. The number of hydrogen-bond acceptors (Lipinski definition) is 4. The molecule has 34 heavy (non-hydrogen) atoms. The van der Waals surface area contributed by atoms with E-state index in [1.165, 1.54) is 0 Å². The second-order valence-electron chi connectivity index (χ2n) is 9.08. The van der Waals surface area contributed by atoms with Crippen LogP contribution < -0.4 is 0 Å². The van der Waals surface area contributed by atoms with Crippen molar-refractivity contribution < 1.29 is 23.4 Å². The standard InChI is InChI=1S/C27H31NO5S/c1-17(2)26(29)21-9-5-7-19(13-21)11-12-23-24(27(30)18(3)25(23)28-4)16-33-15-20-8-6-10-22(14-20)34(31)32/h5-10,13-14,17,23-24,26,29H,11-12,15-16H2,1-3H3,(H,31,32)/t23-,24-,26?/m1/s1. The van der Waals surface area contributed by atoms with E-state index in [-0.39, 0.29) is 30.8 Å². The number of aliphatic hydroxyl groups is 1. The van der Waals surface area contributed by atoms with Crippen LogP contribution in [0.25, 0.3) is 4.85 Å². The molecule has 0 amide bonds. The molecule has 0 saturated heterocycles. The Balaban J connectivity index is 1.68. The van der Waals surface area contributed by atoms with Crippen molar-refractivity contribution in [2.75, 3.05) is 6.61 Å². The van der Waals surface area contributed by atoms with Crippen LogP contribution in [0.15, 0.2) is 64.7 Å². The Morgan fingerprint density at radius 3 is 2.50 bits per heavy atom. The van der Waals surface area contributed by atoms with Gasteiger partial charge in [0.05, 0.1) is 30.8 Å². The summed E-state index contributed by atoms with van der Waals surface area (Å²) in [5.41, 5.74) is 3.70. The van der Waals surface area contributed by atoms with Crippen molar-refractivity contribution in [1.82, 2.24) is 0 Å². The fourth-order valence-electron chi connectivity index (χ4n) is 4.44. The predicted octanol–water partition coefficient (Wildman–Crippen LogP) is 5.11. The van der Waals surface area contributed by atoms with Gasteiger partial charge in [-0.2, -0.15) is 0 Å². The first-order valence-electron chi connectivity index (χ1n) is 11.4. The number of aryl methyl sites for hydroxylation is 1. The van der Waals surface area contributed by atoms with Crippen LogP contribution in [0.2, 0.25) is 0 Å². The molecule has 1 aliphatic rings. The van der Waals surface area contributed by atoms with Crippen LogP contribution in [0.4, 0.5) is 0 Å². The van der Waals surface area contributed by atoms with E-state index in [9.17, 15) is 18.7 Å². The minimum absolute atomic E-state index is 0.0507. The highest BCUT2D eigenvalue weighted by Crippen LogP contribution is 2.39. The number of rotatable bonds is 10. The van der Waals surface area contributed by atoms with Crippen molar-refractivity contribution in [3.8, 4) is 0 Å². The molecule has 2 aromatic carbocycles. The molecule has 0 saturated carbocycles. The SMILES string of the molecule is [C-]#[N+]C1=C(C)C(=O)[C@H](COCc2cccc(S(=O)O)c2)[C@H]1CCc1cccc(C(O)C(C)C)c1. The quantitative estimate of drug-likeness (QED) is 0.363. The summed E-state index contributed by atoms with van der Waals surface area (Å²) in [6.45, 7) is 13.7. The maximum atomic E-state index is 12.9. The van der Waals surface area contributed by atoms with Crippen LogP contribution >= 0.6 is 0 Å². The third-order valence-corrected chi connectivity index (χ3v) is 7.04. The summed E-state index contributed by atoms with van der Waals surface area (Å²) in [6.07, 6.45) is 0.788. The molecule has 4 atom stereocenters. The van der Waals surface area contributed by atoms with Gasteiger partial charge in [-0.05, 0) is 53.7 Å². The number of ketones is 1. The van der Waals surface area contributed by atoms with Crippen LogP contribution in [0.3, 0.4) is 0 Å². The number of Topliss-reactive ketones (excluding diaryl/α,β-unsaturated/α-hetero) is 1. The summed E-state index contributed by atoms with van der Waals surface area (Å²) >= 11 is -2.06. The van der Waals surface area contributed by atoms with E-state index in [4.69, 9.17) is 11.3 Å². The first kappa shape index (κ1) is 26.0. The lowest BCUT2D eigenvalue weighted by Gasteiger charge is -2.20. The molecule has 3 rings (SSSR count). The molecule has 0 aliphatic heterocycles. The van der Waals surface area contributed by atoms with Gasteiger partial charge in [-0.1, -0.05) is 56.7 Å². The monoisotopic (exact) mass is 481 g/mol. The van der Waals surface area contributed by atoms with Gasteiger partial charge in [-0.3, -0.25) is 4.79 Å². The van der Waals surface area contributed by atoms with Crippen LogP contribution in [0, 0.1) is 24.3 Å². The number of benzene rings is 2. The predicted molar refractivity (Wildman–Crippen MR) is 131 cm³/mol. The van der Waals surface area contributed by atoms with Crippen molar-refractivity contribution in [1.29, 1.82) is 0 Å². The number of allylic oxidation sites excluding steroid dienone is 2. The maximum Gasteiger partial charge on any atom is 0.186 e. The van der Waals surface area contributed by atoms with E-state index in [0.29, 0.717) is 29.0 Å². The van der Waals surface area contributed by atoms with Crippen molar-refractivity contribution in [2.45, 2.75) is 51.2 Å². The van der Waals surface area contributed by atoms with Crippen molar-refractivity contribution in [3.05, 3.63) is 87.9 Å². The highest BCUT2D eigenvalue weighted by molar-refractivity contribution is 7.79. The molecule has 0 aromatic heterocycles. The zero-order valence-corrected chi connectivity index (χ0v) is 20.5. The van der Waals surface area contributed by atoms with E-state index in [2.05, 4.69) is 4.85 Å². The molecule has 7 heteroatoms. The first-order chi connectivity index (χ1) is 16.2. The summed E-state index contributed by atoms with van der Waals surface area (Å²) in [7, 11) is 0. The van der Waals surface area contributed by atoms with E-state index >= 15 is 0 Å². The average molecular weight is 482 g/mol. The Bertz CT molecular complexity index is 1130. The van der Waals surface area contributed by atoms with Crippen LogP contribution in [-0.2, 0) is 33.6 Å². The molecule has 6 nitrogen and oxygen atoms in total. The molecule has 180 valence electrons. The smallest absolute Gasteiger partial charge is 0.186 e. The fourth-order valence-corrected chi connectivity index (χ4v) is 4.89. The molecule has 0 spiro atoms. The summed E-state index contributed by atoms with van der Waals surface area (Å²) in [5.74, 6) is -0.588. The summed E-state index contributed by atoms with van der Waals surface area (Å²) in [5, 5.41) is 10.4. The van der Waals surface area contributed by atoms with Gasteiger partial charge in [0.25, 0.3) is 0 Å². The number of hydrogen-bond donors (Lipinski definition) is 2. The van der Waals surface area contributed by atoms with Gasteiger partial charge in [0.2, 0.25) is 0 Å². The Kier molecular flexibility index (Phi) is 8.92. The van der Waals surface area contributed by atoms with Gasteiger partial charge in [0, 0.05) is 11.8 Å². The second kappa shape index (κ2) is 11.7. The third-order valence-electron chi connectivity index (χ3n) is 6.38. The Hall–Kier alpha value is -2.63. The molecular weight excluding hydrogens is 450 g/mol. The zero-order valence-electron chi connectivity index (χ0n) is 19.7. The summed E-state index contributed by atoms with van der Waals surface area (Å²) < 4.78 is 26.4. The highest BCUT2D eigenvalue weighted by atomic mass is 32.2. The van der Waals surface area contributed by atoms with E-state index < -0.39 is 23.1 Å². The molecule has 0 radical (unpaired) electrons. The van der Waals surface area contributed by atoms with Crippen LogP contribution in [0.5, 0.6) is 0 Å². The van der Waals surface area contributed by atoms with Crippen molar-refractivity contribution in [2.24, 2.45) is 17.8 Å². The van der Waals surface area contributed by atoms with Gasteiger partial charge >= 0.3 is 0 Å². The van der Waals surface area contributed by atoms with E-state index in [1.54, 1.807) is 31.2 Å². The van der Waals surface area contributed by atoms with Gasteiger partial charge in [0.15, 0.2) is 22.6 Å². The molecule has 2 aromatic rings. The molecule has 0 fully saturated rings. The lowest BCUT2D eigenvalue weighted by Crippen LogP contribution is -2.24. The van der Waals surface area contributed by atoms with Crippen LogP contribution in [-0.4, -0.2) is 26.3 Å². The van der Waals surface area contributed by atoms with E-state index in [1.807, 2.05) is 38.1 Å². The summed E-state index contributed by atoms with van der Waals surface area (Å²) in [6, 6.07) is 14.5. The number of carbonyl (C=O) groups excluding carboxylic acids is 1. The summed E-state index contributed by atoms with van der Waals surface area (Å²) in [4.78, 5) is 16.9. The highest BCUT2D eigenvalue weighted by Gasteiger charge is 2.40. The van der Waals surface area contributed by atoms with Crippen LogP contribution in [0.1, 0.15) is 50.0 Å². The van der Waals surface area contributed by atoms with E-state index in [0.717, 1.165) is 16.7 Å². The zero-order chi connectivity index (χ0) is 24.8. The number of carbonyl (C=O) groups is 1. The Labute approximate surface area is 203 Å². The normalized spacial score (nSPS) is 20.0. The number of ether oxygens (including phenoxy) is 1. The molecule has 2 N–H and O–H groups in total. The first-order valence-corrected chi connectivity index (χ1v) is 12.5. The van der Waals surface area contributed by atoms with Gasteiger partial charge in [0.1, 0.15) is 0 Å². The second-order valence-corrected chi connectivity index (χ2v) is 10.1. The average Bonchev–Trinajstić information content (AvgIpc) is 3.06. The van der Waals surface area contributed by atoms with Gasteiger partial charge < -0.3 is 14.4 Å². The lowest BCUT2D eigenvalue weighted by molar-refractivity contribution is -0.121. The molecule has 0 bridgehead atoms. The topological polar surface area (TPSA) is 88.2 Å². The molecule has 0 heterocycles. The van der Waals surface area contributed by atoms with Crippen molar-refractivity contribution >= 4 is 16.9 Å². The van der Waals surface area contributed by atoms with Crippen molar-refractivity contribution in [3.63, 3.8) is 0 Å². The van der Waals surface area contributed by atoms with Gasteiger partial charge in [-0.25, -0.2) is 9.05 Å². The molecule has 2 unspecified atom stereocenters. The Morgan fingerprint density at radius 1 is 1.12 bits per heavy atom. The minimum atomic E-state index is -2.06. The third kappa shape index (κ3) is 6.08. The van der Waals surface area contributed by atoms with Gasteiger partial charge in [-0.15, -0.1) is 0 Å². The fraction of sp³-hybridized carbons (Fsp3) is 0.407. The number of aliphatic hydroxyl groups excluding tert-OH is 1. The molecular formula is C27H31NO5S. The lowest BCUT2D eigenvalue weighted by atomic mass is 9.87. The number of nitrogens with zero attached hydrogens (tertiary/aromatic N) is 1. The Morgan fingerprint density at radius 2 is 1.82 bits per heavy atom. The molecule has 1 aliphatic carbocycles. The minimum Gasteiger partial charge on any atom is -0.388 e.